The molecule has 0 radical (unpaired) electrons. The van der Waals surface area contributed by atoms with Crippen molar-refractivity contribution in [3.05, 3.63) is 35.4 Å². The molecule has 1 aromatic rings. The number of rotatable bonds is 6. The zero-order valence-corrected chi connectivity index (χ0v) is 12.6. The fourth-order valence-electron chi connectivity index (χ4n) is 1.83. The maximum absolute atomic E-state index is 12.4. The second kappa shape index (κ2) is 7.70. The molecule has 1 aromatic carbocycles. The molecule has 0 aromatic heterocycles. The zero-order chi connectivity index (χ0) is 16.0. The largest absolute Gasteiger partial charge is 0.416 e. The van der Waals surface area contributed by atoms with Crippen LogP contribution >= 0.6 is 11.8 Å². The van der Waals surface area contributed by atoms with Crippen molar-refractivity contribution in [3.63, 3.8) is 0 Å². The van der Waals surface area contributed by atoms with Crippen LogP contribution in [0, 0.1) is 0 Å². The Hall–Kier alpha value is -1.21. The zero-order valence-electron chi connectivity index (χ0n) is 11.8. The van der Waals surface area contributed by atoms with Crippen molar-refractivity contribution in [2.45, 2.75) is 30.8 Å². The van der Waals surface area contributed by atoms with Gasteiger partial charge in [-0.05, 0) is 30.9 Å². The van der Waals surface area contributed by atoms with Crippen molar-refractivity contribution in [1.82, 2.24) is 5.32 Å². The monoisotopic (exact) mass is 321 g/mol. The molecule has 0 bridgehead atoms. The normalized spacial score (nSPS) is 14.6. The first-order chi connectivity index (χ1) is 9.77. The Morgan fingerprint density at radius 2 is 1.90 bits per heavy atom. The number of aliphatic hydroxyl groups is 1. The Labute approximate surface area is 125 Å². The molecule has 1 rings (SSSR count). The standard InChI is InChI=1S/C14H18F3NO2S/c1-9(12(8-19)21-2)18-13(20)7-10-3-5-11(6-4-10)14(15,16)17/h3-6,9,12,19H,7-8H2,1-2H3,(H,18,20). The summed E-state index contributed by atoms with van der Waals surface area (Å²) in [6, 6.07) is 4.30. The average Bonchev–Trinajstić information content (AvgIpc) is 2.39. The van der Waals surface area contributed by atoms with Crippen molar-refractivity contribution < 1.29 is 23.1 Å². The van der Waals surface area contributed by atoms with Crippen molar-refractivity contribution in [2.24, 2.45) is 0 Å². The molecule has 2 unspecified atom stereocenters. The summed E-state index contributed by atoms with van der Waals surface area (Å²) in [5, 5.41) is 11.8. The van der Waals surface area contributed by atoms with Crippen LogP contribution in [-0.2, 0) is 17.4 Å². The molecule has 0 aliphatic carbocycles. The van der Waals surface area contributed by atoms with E-state index in [4.69, 9.17) is 5.11 Å². The molecule has 7 heteroatoms. The molecule has 2 atom stereocenters. The number of thioether (sulfide) groups is 1. The first-order valence-corrected chi connectivity index (χ1v) is 7.66. The topological polar surface area (TPSA) is 49.3 Å². The predicted octanol–water partition coefficient (Wildman–Crippen LogP) is 2.48. The van der Waals surface area contributed by atoms with Crippen LogP contribution in [0.25, 0.3) is 0 Å². The summed E-state index contributed by atoms with van der Waals surface area (Å²) >= 11 is 1.44. The van der Waals surface area contributed by atoms with E-state index in [1.165, 1.54) is 23.9 Å². The molecular weight excluding hydrogens is 303 g/mol. The number of aliphatic hydroxyl groups excluding tert-OH is 1. The Balaban J connectivity index is 2.59. The number of halogens is 3. The van der Waals surface area contributed by atoms with Gasteiger partial charge in [-0.3, -0.25) is 4.79 Å². The van der Waals surface area contributed by atoms with Gasteiger partial charge in [-0.2, -0.15) is 24.9 Å². The molecule has 0 aliphatic rings. The summed E-state index contributed by atoms with van der Waals surface area (Å²) in [6.45, 7) is 1.73. The first-order valence-electron chi connectivity index (χ1n) is 6.37. The third-order valence-corrected chi connectivity index (χ3v) is 4.24. The van der Waals surface area contributed by atoms with Crippen LogP contribution in [0.3, 0.4) is 0 Å². The van der Waals surface area contributed by atoms with E-state index >= 15 is 0 Å². The maximum Gasteiger partial charge on any atom is 0.416 e. The molecule has 2 N–H and O–H groups in total. The number of hydrogen-bond acceptors (Lipinski definition) is 3. The fraction of sp³-hybridized carbons (Fsp3) is 0.500. The number of benzene rings is 1. The van der Waals surface area contributed by atoms with E-state index in [2.05, 4.69) is 5.32 Å². The first kappa shape index (κ1) is 17.8. The van der Waals surface area contributed by atoms with Gasteiger partial charge in [0.2, 0.25) is 5.91 Å². The summed E-state index contributed by atoms with van der Waals surface area (Å²) in [5.41, 5.74) is -0.222. The summed E-state index contributed by atoms with van der Waals surface area (Å²) < 4.78 is 37.2. The van der Waals surface area contributed by atoms with Gasteiger partial charge in [0.05, 0.1) is 18.6 Å². The molecule has 0 saturated carbocycles. The lowest BCUT2D eigenvalue weighted by Gasteiger charge is -2.21. The van der Waals surface area contributed by atoms with Gasteiger partial charge >= 0.3 is 6.18 Å². The van der Waals surface area contributed by atoms with Crippen molar-refractivity contribution in [1.29, 1.82) is 0 Å². The van der Waals surface area contributed by atoms with Gasteiger partial charge in [0.1, 0.15) is 0 Å². The van der Waals surface area contributed by atoms with Gasteiger partial charge in [0, 0.05) is 11.3 Å². The number of carbonyl (C=O) groups is 1. The van der Waals surface area contributed by atoms with E-state index in [0.717, 1.165) is 12.1 Å². The highest BCUT2D eigenvalue weighted by Gasteiger charge is 2.30. The lowest BCUT2D eigenvalue weighted by molar-refractivity contribution is -0.137. The SMILES string of the molecule is CSC(CO)C(C)NC(=O)Cc1ccc(C(F)(F)F)cc1. The molecule has 0 spiro atoms. The molecule has 0 fully saturated rings. The maximum atomic E-state index is 12.4. The van der Waals surface area contributed by atoms with Gasteiger partial charge in [0.25, 0.3) is 0 Å². The van der Waals surface area contributed by atoms with Gasteiger partial charge in [-0.15, -0.1) is 0 Å². The fourth-order valence-corrected chi connectivity index (χ4v) is 2.46. The molecule has 0 saturated heterocycles. The number of hydrogen-bond donors (Lipinski definition) is 2. The summed E-state index contributed by atoms with van der Waals surface area (Å²) in [6.07, 6.45) is -2.53. The second-order valence-corrected chi connectivity index (χ2v) is 5.76. The molecule has 118 valence electrons. The van der Waals surface area contributed by atoms with Crippen molar-refractivity contribution in [2.75, 3.05) is 12.9 Å². The Bertz CT molecular complexity index is 458. The number of amides is 1. The highest BCUT2D eigenvalue weighted by atomic mass is 32.2. The summed E-state index contributed by atoms with van der Waals surface area (Å²) in [4.78, 5) is 11.8. The lowest BCUT2D eigenvalue weighted by atomic mass is 10.1. The van der Waals surface area contributed by atoms with Crippen LogP contribution < -0.4 is 5.32 Å². The minimum atomic E-state index is -4.37. The summed E-state index contributed by atoms with van der Waals surface area (Å²) in [7, 11) is 0. The van der Waals surface area contributed by atoms with E-state index in [1.807, 2.05) is 6.26 Å². The Morgan fingerprint density at radius 3 is 2.33 bits per heavy atom. The number of nitrogens with one attached hydrogen (secondary N) is 1. The molecule has 1 amide bonds. The van der Waals surface area contributed by atoms with E-state index in [0.29, 0.717) is 5.56 Å². The number of alkyl halides is 3. The predicted molar refractivity (Wildman–Crippen MR) is 77.1 cm³/mol. The molecular formula is C14H18F3NO2S. The van der Waals surface area contributed by atoms with Crippen LogP contribution in [0.15, 0.2) is 24.3 Å². The van der Waals surface area contributed by atoms with Crippen LogP contribution in [0.2, 0.25) is 0 Å². The van der Waals surface area contributed by atoms with Crippen molar-refractivity contribution in [3.8, 4) is 0 Å². The average molecular weight is 321 g/mol. The highest BCUT2D eigenvalue weighted by molar-refractivity contribution is 7.99. The summed E-state index contributed by atoms with van der Waals surface area (Å²) in [5.74, 6) is -0.283. The van der Waals surface area contributed by atoms with Gasteiger partial charge in [-0.25, -0.2) is 0 Å². The van der Waals surface area contributed by atoms with E-state index in [1.54, 1.807) is 6.92 Å². The molecule has 0 heterocycles. The highest BCUT2D eigenvalue weighted by Crippen LogP contribution is 2.29. The third-order valence-electron chi connectivity index (χ3n) is 3.07. The van der Waals surface area contributed by atoms with Gasteiger partial charge < -0.3 is 10.4 Å². The van der Waals surface area contributed by atoms with E-state index in [9.17, 15) is 18.0 Å². The Kier molecular flexibility index (Phi) is 6.54. The van der Waals surface area contributed by atoms with Crippen LogP contribution in [0.4, 0.5) is 13.2 Å². The minimum absolute atomic E-state index is 0.00894. The number of carbonyl (C=O) groups excluding carboxylic acids is 1. The smallest absolute Gasteiger partial charge is 0.395 e. The van der Waals surface area contributed by atoms with Gasteiger partial charge in [0.15, 0.2) is 0 Å². The second-order valence-electron chi connectivity index (χ2n) is 4.68. The van der Waals surface area contributed by atoms with E-state index in [-0.39, 0.29) is 30.2 Å². The quantitative estimate of drug-likeness (QED) is 0.846. The molecule has 3 nitrogen and oxygen atoms in total. The third kappa shape index (κ3) is 5.59. The Morgan fingerprint density at radius 1 is 1.33 bits per heavy atom. The van der Waals surface area contributed by atoms with Crippen LogP contribution in [0.1, 0.15) is 18.1 Å². The minimum Gasteiger partial charge on any atom is -0.395 e. The van der Waals surface area contributed by atoms with Crippen LogP contribution in [-0.4, -0.2) is 35.2 Å². The van der Waals surface area contributed by atoms with Crippen LogP contribution in [0.5, 0.6) is 0 Å². The lowest BCUT2D eigenvalue weighted by Crippen LogP contribution is -2.41. The van der Waals surface area contributed by atoms with E-state index < -0.39 is 11.7 Å². The van der Waals surface area contributed by atoms with Gasteiger partial charge in [-0.1, -0.05) is 12.1 Å². The molecule has 0 aliphatic heterocycles. The molecule has 21 heavy (non-hydrogen) atoms. The van der Waals surface area contributed by atoms with Crippen molar-refractivity contribution >= 4 is 17.7 Å².